The third kappa shape index (κ3) is 0.879. The first-order valence-corrected chi connectivity index (χ1v) is 3.84. The van der Waals surface area contributed by atoms with Gasteiger partial charge in [-0.25, -0.2) is 4.98 Å². The molecule has 12 heavy (non-hydrogen) atoms. The highest BCUT2D eigenvalue weighted by Crippen LogP contribution is 2.06. The molecule has 4 nitrogen and oxygen atoms in total. The quantitative estimate of drug-likeness (QED) is 0.581. The summed E-state index contributed by atoms with van der Waals surface area (Å²) in [6.45, 7) is 5.90. The maximum Gasteiger partial charge on any atom is 0.255 e. The van der Waals surface area contributed by atoms with Gasteiger partial charge in [0.25, 0.3) is 5.78 Å². The van der Waals surface area contributed by atoms with E-state index in [1.165, 1.54) is 0 Å². The van der Waals surface area contributed by atoms with Gasteiger partial charge in [-0.05, 0) is 26.8 Å². The topological polar surface area (TPSA) is 43.1 Å². The molecule has 0 bridgehead atoms. The summed E-state index contributed by atoms with van der Waals surface area (Å²) in [5, 5.41) is 7.89. The number of fused-ring (bicyclic) bond motifs is 1. The van der Waals surface area contributed by atoms with Crippen LogP contribution in [0.5, 0.6) is 0 Å². The first kappa shape index (κ1) is 7.21. The third-order valence-corrected chi connectivity index (χ3v) is 1.85. The molecule has 0 aliphatic heterocycles. The fourth-order valence-electron chi connectivity index (χ4n) is 1.39. The second-order valence-corrected chi connectivity index (χ2v) is 2.92. The monoisotopic (exact) mass is 162 g/mol. The Kier molecular flexibility index (Phi) is 1.36. The minimum atomic E-state index is 0.685. The van der Waals surface area contributed by atoms with E-state index in [1.807, 2.05) is 31.2 Å². The molecular formula is C8H10N4. The molecule has 0 amide bonds. The molecule has 0 saturated carbocycles. The molecule has 0 aliphatic carbocycles. The number of aromatic nitrogens is 4. The highest BCUT2D eigenvalue weighted by atomic mass is 15.3. The summed E-state index contributed by atoms with van der Waals surface area (Å²) in [6.07, 6.45) is 0. The van der Waals surface area contributed by atoms with Crippen LogP contribution in [0.15, 0.2) is 6.07 Å². The predicted molar refractivity (Wildman–Crippen MR) is 45.0 cm³/mol. The summed E-state index contributed by atoms with van der Waals surface area (Å²) in [4.78, 5) is 4.25. The Morgan fingerprint density at radius 1 is 1.17 bits per heavy atom. The Bertz CT molecular complexity index is 430. The average Bonchev–Trinajstić information content (AvgIpc) is 2.31. The molecule has 2 rings (SSSR count). The van der Waals surface area contributed by atoms with E-state index in [1.54, 1.807) is 0 Å². The van der Waals surface area contributed by atoms with Crippen LogP contribution in [0, 0.1) is 20.8 Å². The molecule has 0 radical (unpaired) electrons. The van der Waals surface area contributed by atoms with E-state index in [9.17, 15) is 0 Å². The lowest BCUT2D eigenvalue weighted by Crippen LogP contribution is -1.97. The zero-order valence-corrected chi connectivity index (χ0v) is 7.37. The van der Waals surface area contributed by atoms with Gasteiger partial charge in [0.05, 0.1) is 0 Å². The maximum atomic E-state index is 4.25. The van der Waals surface area contributed by atoms with Gasteiger partial charge in [0.15, 0.2) is 0 Å². The predicted octanol–water partition coefficient (Wildman–Crippen LogP) is 1.05. The van der Waals surface area contributed by atoms with Gasteiger partial charge in [-0.3, -0.25) is 4.40 Å². The SMILES string of the molecule is Cc1cc(C)n2c(C)nnc2n1. The van der Waals surface area contributed by atoms with Crippen molar-refractivity contribution in [3.05, 3.63) is 23.3 Å². The third-order valence-electron chi connectivity index (χ3n) is 1.85. The van der Waals surface area contributed by atoms with Crippen LogP contribution in [0.2, 0.25) is 0 Å². The Morgan fingerprint density at radius 2 is 1.92 bits per heavy atom. The summed E-state index contributed by atoms with van der Waals surface area (Å²) < 4.78 is 1.94. The van der Waals surface area contributed by atoms with E-state index in [0.717, 1.165) is 17.2 Å². The molecule has 0 N–H and O–H groups in total. The lowest BCUT2D eigenvalue weighted by Gasteiger charge is -2.00. The molecule has 2 aromatic heterocycles. The largest absolute Gasteiger partial charge is 0.268 e. The van der Waals surface area contributed by atoms with E-state index < -0.39 is 0 Å². The van der Waals surface area contributed by atoms with Crippen molar-refractivity contribution in [1.82, 2.24) is 19.6 Å². The fourth-order valence-corrected chi connectivity index (χ4v) is 1.39. The number of nitrogens with zero attached hydrogens (tertiary/aromatic N) is 4. The Morgan fingerprint density at radius 3 is 2.67 bits per heavy atom. The van der Waals surface area contributed by atoms with Gasteiger partial charge in [0.2, 0.25) is 0 Å². The fraction of sp³-hybridized carbons (Fsp3) is 0.375. The minimum absolute atomic E-state index is 0.685. The van der Waals surface area contributed by atoms with Gasteiger partial charge < -0.3 is 0 Å². The maximum absolute atomic E-state index is 4.25. The molecule has 0 saturated heterocycles. The van der Waals surface area contributed by atoms with Gasteiger partial charge in [0.1, 0.15) is 5.82 Å². The lowest BCUT2D eigenvalue weighted by molar-refractivity contribution is 0.960. The molecule has 62 valence electrons. The van der Waals surface area contributed by atoms with Crippen molar-refractivity contribution >= 4 is 5.78 Å². The number of rotatable bonds is 0. The molecule has 0 atom stereocenters. The molecule has 2 heterocycles. The van der Waals surface area contributed by atoms with Crippen molar-refractivity contribution in [1.29, 1.82) is 0 Å². The summed E-state index contributed by atoms with van der Waals surface area (Å²) in [6, 6.07) is 2.02. The zero-order valence-electron chi connectivity index (χ0n) is 7.37. The van der Waals surface area contributed by atoms with Crippen molar-refractivity contribution < 1.29 is 0 Å². The molecule has 0 aliphatic rings. The average molecular weight is 162 g/mol. The number of hydrogen-bond donors (Lipinski definition) is 0. The highest BCUT2D eigenvalue weighted by Gasteiger charge is 2.04. The van der Waals surface area contributed by atoms with Gasteiger partial charge in [0, 0.05) is 11.4 Å². The van der Waals surface area contributed by atoms with Crippen molar-refractivity contribution in [2.75, 3.05) is 0 Å². The van der Waals surface area contributed by atoms with E-state index in [2.05, 4.69) is 15.2 Å². The Balaban J connectivity index is 2.93. The lowest BCUT2D eigenvalue weighted by atomic mass is 10.3. The van der Waals surface area contributed by atoms with Crippen LogP contribution in [-0.2, 0) is 0 Å². The smallest absolute Gasteiger partial charge is 0.255 e. The van der Waals surface area contributed by atoms with Crippen LogP contribution in [0.3, 0.4) is 0 Å². The van der Waals surface area contributed by atoms with Gasteiger partial charge in [-0.2, -0.15) is 0 Å². The molecule has 0 aromatic carbocycles. The molecule has 0 unspecified atom stereocenters. The van der Waals surface area contributed by atoms with E-state index in [0.29, 0.717) is 5.78 Å². The molecule has 0 fully saturated rings. The summed E-state index contributed by atoms with van der Waals surface area (Å²) in [5.41, 5.74) is 2.10. The standard InChI is InChI=1S/C8H10N4/c1-5-4-6(2)12-7(3)10-11-8(12)9-5/h4H,1-3H3. The van der Waals surface area contributed by atoms with Crippen molar-refractivity contribution in [3.8, 4) is 0 Å². The van der Waals surface area contributed by atoms with Crippen LogP contribution >= 0.6 is 0 Å². The molecule has 4 heteroatoms. The normalized spacial score (nSPS) is 10.9. The van der Waals surface area contributed by atoms with Crippen LogP contribution in [0.1, 0.15) is 17.2 Å². The first-order chi connectivity index (χ1) is 5.68. The van der Waals surface area contributed by atoms with E-state index in [-0.39, 0.29) is 0 Å². The Hall–Kier alpha value is -1.45. The van der Waals surface area contributed by atoms with E-state index in [4.69, 9.17) is 0 Å². The molecule has 2 aromatic rings. The van der Waals surface area contributed by atoms with Crippen LogP contribution < -0.4 is 0 Å². The second-order valence-electron chi connectivity index (χ2n) is 2.92. The second kappa shape index (κ2) is 2.27. The van der Waals surface area contributed by atoms with Crippen LogP contribution in [-0.4, -0.2) is 19.6 Å². The zero-order chi connectivity index (χ0) is 8.72. The Labute approximate surface area is 70.3 Å². The number of aryl methyl sites for hydroxylation is 3. The minimum Gasteiger partial charge on any atom is -0.268 e. The van der Waals surface area contributed by atoms with Gasteiger partial charge in [-0.15, -0.1) is 10.2 Å². The molecular weight excluding hydrogens is 152 g/mol. The van der Waals surface area contributed by atoms with E-state index >= 15 is 0 Å². The summed E-state index contributed by atoms with van der Waals surface area (Å²) >= 11 is 0. The molecule has 0 spiro atoms. The highest BCUT2D eigenvalue weighted by molar-refractivity contribution is 5.31. The van der Waals surface area contributed by atoms with Crippen molar-refractivity contribution in [2.45, 2.75) is 20.8 Å². The van der Waals surface area contributed by atoms with Gasteiger partial charge >= 0.3 is 0 Å². The van der Waals surface area contributed by atoms with Crippen molar-refractivity contribution in [2.24, 2.45) is 0 Å². The number of hydrogen-bond acceptors (Lipinski definition) is 3. The summed E-state index contributed by atoms with van der Waals surface area (Å²) in [7, 11) is 0. The van der Waals surface area contributed by atoms with Crippen molar-refractivity contribution in [3.63, 3.8) is 0 Å². The van der Waals surface area contributed by atoms with Gasteiger partial charge in [-0.1, -0.05) is 0 Å². The summed E-state index contributed by atoms with van der Waals surface area (Å²) in [5.74, 6) is 1.57. The van der Waals surface area contributed by atoms with Crippen LogP contribution in [0.4, 0.5) is 0 Å². The van der Waals surface area contributed by atoms with Crippen LogP contribution in [0.25, 0.3) is 5.78 Å². The first-order valence-electron chi connectivity index (χ1n) is 3.84.